The van der Waals surface area contributed by atoms with Crippen molar-refractivity contribution in [1.29, 1.82) is 0 Å². The molecule has 0 aromatic heterocycles. The smallest absolute Gasteiger partial charge is 0.220 e. The highest BCUT2D eigenvalue weighted by Gasteiger charge is 2.13. The average Bonchev–Trinajstić information content (AvgIpc) is 2.60. The molecule has 0 aliphatic rings. The minimum atomic E-state index is -0.0684. The Bertz CT molecular complexity index is 634. The molecule has 2 aromatic rings. The van der Waals surface area contributed by atoms with Crippen molar-refractivity contribution >= 4 is 5.91 Å². The average molecular weight is 311 g/mol. The third-order valence-electron chi connectivity index (χ3n) is 4.05. The molecule has 0 aliphatic carbocycles. The van der Waals surface area contributed by atoms with Gasteiger partial charge < -0.3 is 10.1 Å². The summed E-state index contributed by atoms with van der Waals surface area (Å²) in [5.74, 6) is 0.860. The van der Waals surface area contributed by atoms with Crippen molar-refractivity contribution in [1.82, 2.24) is 5.32 Å². The number of carbonyl (C=O) groups excluding carboxylic acids is 1. The predicted molar refractivity (Wildman–Crippen MR) is 93.7 cm³/mol. The number of hydrogen-bond donors (Lipinski definition) is 1. The van der Waals surface area contributed by atoms with Gasteiger partial charge in [-0.1, -0.05) is 49.4 Å². The third kappa shape index (κ3) is 4.85. The van der Waals surface area contributed by atoms with Gasteiger partial charge in [0.25, 0.3) is 0 Å². The molecule has 1 atom stereocenters. The highest BCUT2D eigenvalue weighted by molar-refractivity contribution is 5.76. The van der Waals surface area contributed by atoms with Crippen molar-refractivity contribution in [2.45, 2.75) is 39.2 Å². The molecule has 3 nitrogen and oxygen atoms in total. The molecule has 122 valence electrons. The Morgan fingerprint density at radius 3 is 2.39 bits per heavy atom. The maximum atomic E-state index is 12.2. The topological polar surface area (TPSA) is 38.3 Å². The van der Waals surface area contributed by atoms with Crippen LogP contribution in [0, 0.1) is 0 Å². The van der Waals surface area contributed by atoms with Gasteiger partial charge in [-0.25, -0.2) is 0 Å². The van der Waals surface area contributed by atoms with Gasteiger partial charge in [-0.3, -0.25) is 4.79 Å². The first-order chi connectivity index (χ1) is 11.1. The number of para-hydroxylation sites is 1. The molecule has 2 aromatic carbocycles. The van der Waals surface area contributed by atoms with Crippen LogP contribution in [0.15, 0.2) is 48.5 Å². The zero-order valence-electron chi connectivity index (χ0n) is 14.1. The monoisotopic (exact) mass is 311 g/mol. The first-order valence-corrected chi connectivity index (χ1v) is 8.14. The molecular weight excluding hydrogens is 286 g/mol. The highest BCUT2D eigenvalue weighted by atomic mass is 16.5. The zero-order valence-corrected chi connectivity index (χ0v) is 14.1. The van der Waals surface area contributed by atoms with Gasteiger partial charge in [0.2, 0.25) is 5.91 Å². The van der Waals surface area contributed by atoms with Gasteiger partial charge in [0, 0.05) is 12.0 Å². The summed E-state index contributed by atoms with van der Waals surface area (Å²) in [6.07, 6.45) is 2.29. The number of ether oxygens (including phenoxy) is 1. The summed E-state index contributed by atoms with van der Waals surface area (Å²) in [6.45, 7) is 4.12. The Balaban J connectivity index is 1.88. The summed E-state index contributed by atoms with van der Waals surface area (Å²) in [6, 6.07) is 16.2. The first kappa shape index (κ1) is 17.1. The molecular formula is C20H25NO2. The van der Waals surface area contributed by atoms with E-state index in [0.717, 1.165) is 24.2 Å². The second-order valence-electron chi connectivity index (χ2n) is 5.70. The van der Waals surface area contributed by atoms with Crippen molar-refractivity contribution in [3.8, 4) is 5.75 Å². The van der Waals surface area contributed by atoms with E-state index in [1.165, 1.54) is 11.1 Å². The van der Waals surface area contributed by atoms with Crippen LogP contribution in [0.3, 0.4) is 0 Å². The molecule has 0 bridgehead atoms. The van der Waals surface area contributed by atoms with Crippen LogP contribution < -0.4 is 10.1 Å². The van der Waals surface area contributed by atoms with Crippen molar-refractivity contribution in [2.75, 3.05) is 7.11 Å². The lowest BCUT2D eigenvalue weighted by Gasteiger charge is -2.17. The minimum Gasteiger partial charge on any atom is -0.496 e. The lowest BCUT2D eigenvalue weighted by atomic mass is 10.0. The molecule has 0 heterocycles. The molecule has 0 fully saturated rings. The van der Waals surface area contributed by atoms with E-state index >= 15 is 0 Å². The van der Waals surface area contributed by atoms with E-state index in [9.17, 15) is 4.79 Å². The second-order valence-corrected chi connectivity index (χ2v) is 5.70. The van der Waals surface area contributed by atoms with Gasteiger partial charge in [-0.05, 0) is 37.0 Å². The molecule has 0 aliphatic heterocycles. The zero-order chi connectivity index (χ0) is 16.7. The van der Waals surface area contributed by atoms with Gasteiger partial charge in [-0.2, -0.15) is 0 Å². The summed E-state index contributed by atoms with van der Waals surface area (Å²) in [5, 5.41) is 3.04. The van der Waals surface area contributed by atoms with E-state index in [1.54, 1.807) is 7.11 Å². The van der Waals surface area contributed by atoms with Crippen LogP contribution in [0.5, 0.6) is 5.75 Å². The van der Waals surface area contributed by atoms with Crippen LogP contribution in [0.25, 0.3) is 0 Å². The number of carbonyl (C=O) groups is 1. The SMILES string of the molecule is CCc1ccc(CCC(=O)NC(C)c2ccccc2OC)cc1. The normalized spacial score (nSPS) is 11.8. The second kappa shape index (κ2) is 8.37. The fraction of sp³-hybridized carbons (Fsp3) is 0.350. The quantitative estimate of drug-likeness (QED) is 0.837. The number of rotatable bonds is 7. The van der Waals surface area contributed by atoms with E-state index in [1.807, 2.05) is 31.2 Å². The van der Waals surface area contributed by atoms with Crippen molar-refractivity contribution in [2.24, 2.45) is 0 Å². The number of amides is 1. The lowest BCUT2D eigenvalue weighted by molar-refractivity contribution is -0.121. The maximum Gasteiger partial charge on any atom is 0.220 e. The molecule has 0 saturated carbocycles. The van der Waals surface area contributed by atoms with Crippen LogP contribution >= 0.6 is 0 Å². The molecule has 0 radical (unpaired) electrons. The molecule has 1 N–H and O–H groups in total. The standard InChI is InChI=1S/C20H25NO2/c1-4-16-9-11-17(12-10-16)13-14-20(22)21-15(2)18-7-5-6-8-19(18)23-3/h5-12,15H,4,13-14H2,1-3H3,(H,21,22). The fourth-order valence-electron chi connectivity index (χ4n) is 2.62. The van der Waals surface area contributed by atoms with Gasteiger partial charge in [-0.15, -0.1) is 0 Å². The number of aryl methyl sites for hydroxylation is 2. The summed E-state index contributed by atoms with van der Waals surface area (Å²) < 4.78 is 5.35. The Labute approximate surface area is 138 Å². The van der Waals surface area contributed by atoms with E-state index in [-0.39, 0.29) is 11.9 Å². The summed E-state index contributed by atoms with van der Waals surface area (Å²) >= 11 is 0. The van der Waals surface area contributed by atoms with Crippen LogP contribution in [0.4, 0.5) is 0 Å². The first-order valence-electron chi connectivity index (χ1n) is 8.14. The Morgan fingerprint density at radius 1 is 1.09 bits per heavy atom. The molecule has 2 rings (SSSR count). The van der Waals surface area contributed by atoms with Gasteiger partial charge in [0.1, 0.15) is 5.75 Å². The van der Waals surface area contributed by atoms with Crippen molar-refractivity contribution < 1.29 is 9.53 Å². The van der Waals surface area contributed by atoms with Crippen LogP contribution in [0.2, 0.25) is 0 Å². The van der Waals surface area contributed by atoms with Gasteiger partial charge in [0.05, 0.1) is 13.2 Å². The predicted octanol–water partition coefficient (Wildman–Crippen LogP) is 4.07. The number of hydrogen-bond acceptors (Lipinski definition) is 2. The maximum absolute atomic E-state index is 12.2. The summed E-state index contributed by atoms with van der Waals surface area (Å²) in [5.41, 5.74) is 3.51. The van der Waals surface area contributed by atoms with Crippen LogP contribution in [-0.2, 0) is 17.6 Å². The van der Waals surface area contributed by atoms with E-state index in [4.69, 9.17) is 4.74 Å². The molecule has 0 saturated heterocycles. The third-order valence-corrected chi connectivity index (χ3v) is 4.05. The summed E-state index contributed by atoms with van der Waals surface area (Å²) in [4.78, 5) is 12.2. The Hall–Kier alpha value is -2.29. The van der Waals surface area contributed by atoms with Crippen molar-refractivity contribution in [3.05, 3.63) is 65.2 Å². The molecule has 0 spiro atoms. The van der Waals surface area contributed by atoms with Gasteiger partial charge in [0.15, 0.2) is 0 Å². The Morgan fingerprint density at radius 2 is 1.74 bits per heavy atom. The number of nitrogens with one attached hydrogen (secondary N) is 1. The highest BCUT2D eigenvalue weighted by Crippen LogP contribution is 2.24. The fourth-order valence-corrected chi connectivity index (χ4v) is 2.62. The molecule has 1 unspecified atom stereocenters. The van der Waals surface area contributed by atoms with E-state index in [2.05, 4.69) is 36.5 Å². The Kier molecular flexibility index (Phi) is 6.21. The van der Waals surface area contributed by atoms with Crippen molar-refractivity contribution in [3.63, 3.8) is 0 Å². The summed E-state index contributed by atoms with van der Waals surface area (Å²) in [7, 11) is 1.65. The van der Waals surface area contributed by atoms with Crippen LogP contribution in [0.1, 0.15) is 43.0 Å². The lowest BCUT2D eigenvalue weighted by Crippen LogP contribution is -2.27. The number of methoxy groups -OCH3 is 1. The van der Waals surface area contributed by atoms with Crippen LogP contribution in [-0.4, -0.2) is 13.0 Å². The largest absolute Gasteiger partial charge is 0.496 e. The molecule has 23 heavy (non-hydrogen) atoms. The number of benzene rings is 2. The van der Waals surface area contributed by atoms with Gasteiger partial charge >= 0.3 is 0 Å². The van der Waals surface area contributed by atoms with E-state index < -0.39 is 0 Å². The minimum absolute atomic E-state index is 0.0583. The van der Waals surface area contributed by atoms with E-state index in [0.29, 0.717) is 6.42 Å². The molecule has 1 amide bonds. The molecule has 3 heteroatoms.